The van der Waals surface area contributed by atoms with Crippen LogP contribution in [0.4, 0.5) is 0 Å². The normalized spacial score (nSPS) is 17.1. The Morgan fingerprint density at radius 1 is 1.28 bits per heavy atom. The zero-order chi connectivity index (χ0) is 21.8. The molecule has 0 spiro atoms. The molecular formula is C20H30BNO7. The Balaban J connectivity index is 2.10. The lowest BCUT2D eigenvalue weighted by Crippen LogP contribution is -2.36. The smallest absolute Gasteiger partial charge is 0.490 e. The topological polar surface area (TPSA) is 117 Å². The number of hydrogen-bond donors (Lipinski definition) is 2. The van der Waals surface area contributed by atoms with E-state index in [1.807, 2.05) is 6.07 Å². The van der Waals surface area contributed by atoms with Crippen LogP contribution < -0.4 is 15.9 Å². The average Bonchev–Trinajstić information content (AvgIpc) is 2.99. The third kappa shape index (κ3) is 5.94. The SMILES string of the molecule is CC(C)C(=O)O[C@H](COC(=O)C(C)(C)C)COc1cccc2c1B(O)O[C@@H]2CN. The maximum Gasteiger partial charge on any atom is 0.495 e. The van der Waals surface area contributed by atoms with E-state index in [9.17, 15) is 14.6 Å². The minimum Gasteiger partial charge on any atom is -0.490 e. The second-order valence-electron chi connectivity index (χ2n) is 8.34. The van der Waals surface area contributed by atoms with Gasteiger partial charge < -0.3 is 29.6 Å². The number of carbonyl (C=O) groups is 2. The van der Waals surface area contributed by atoms with Crippen LogP contribution in [0, 0.1) is 11.3 Å². The van der Waals surface area contributed by atoms with Gasteiger partial charge in [-0.25, -0.2) is 0 Å². The van der Waals surface area contributed by atoms with E-state index in [-0.39, 0.29) is 25.7 Å². The maximum atomic E-state index is 12.1. The van der Waals surface area contributed by atoms with Crippen LogP contribution in [0.5, 0.6) is 5.75 Å². The van der Waals surface area contributed by atoms with E-state index in [1.54, 1.807) is 46.8 Å². The van der Waals surface area contributed by atoms with Gasteiger partial charge in [0, 0.05) is 12.0 Å². The van der Waals surface area contributed by atoms with Gasteiger partial charge in [-0.05, 0) is 32.4 Å². The molecule has 0 radical (unpaired) electrons. The van der Waals surface area contributed by atoms with Crippen LogP contribution in [0.2, 0.25) is 0 Å². The Morgan fingerprint density at radius 3 is 2.55 bits per heavy atom. The van der Waals surface area contributed by atoms with E-state index in [0.29, 0.717) is 11.2 Å². The number of ether oxygens (including phenoxy) is 3. The van der Waals surface area contributed by atoms with Crippen molar-refractivity contribution in [2.24, 2.45) is 17.1 Å². The first-order valence-electron chi connectivity index (χ1n) is 9.71. The Labute approximate surface area is 171 Å². The standard InChI is InChI=1S/C20H30BNO7/c1-12(2)18(23)28-13(11-27-19(24)20(3,4)5)10-26-15-8-6-7-14-16(9-22)29-21(25)17(14)15/h6-8,12-13,16,25H,9-11,22H2,1-5H3/t13-,16+/m0/s1. The summed E-state index contributed by atoms with van der Waals surface area (Å²) in [6.07, 6.45) is -1.21. The molecule has 2 atom stereocenters. The molecule has 0 saturated heterocycles. The summed E-state index contributed by atoms with van der Waals surface area (Å²) in [5, 5.41) is 10.2. The first kappa shape index (κ1) is 23.2. The monoisotopic (exact) mass is 407 g/mol. The molecule has 3 N–H and O–H groups in total. The molecule has 0 aliphatic carbocycles. The van der Waals surface area contributed by atoms with Crippen LogP contribution in [-0.4, -0.2) is 49.9 Å². The molecule has 2 rings (SSSR count). The van der Waals surface area contributed by atoms with Crippen molar-refractivity contribution in [3.8, 4) is 5.75 Å². The summed E-state index contributed by atoms with van der Waals surface area (Å²) < 4.78 is 22.0. The van der Waals surface area contributed by atoms with Gasteiger partial charge in [0.2, 0.25) is 0 Å². The predicted molar refractivity (Wildman–Crippen MR) is 108 cm³/mol. The number of benzene rings is 1. The summed E-state index contributed by atoms with van der Waals surface area (Å²) in [6.45, 7) is 8.69. The van der Waals surface area contributed by atoms with Gasteiger partial charge in [0.15, 0.2) is 6.10 Å². The van der Waals surface area contributed by atoms with Crippen molar-refractivity contribution in [1.82, 2.24) is 0 Å². The third-order valence-electron chi connectivity index (χ3n) is 4.39. The van der Waals surface area contributed by atoms with Gasteiger partial charge >= 0.3 is 19.1 Å². The highest BCUT2D eigenvalue weighted by atomic mass is 16.6. The first-order chi connectivity index (χ1) is 13.5. The Morgan fingerprint density at radius 2 is 1.97 bits per heavy atom. The Bertz CT molecular complexity index is 732. The maximum absolute atomic E-state index is 12.1. The predicted octanol–water partition coefficient (Wildman–Crippen LogP) is 0.940. The lowest BCUT2D eigenvalue weighted by atomic mass is 9.78. The largest absolute Gasteiger partial charge is 0.495 e. The molecule has 8 nitrogen and oxygen atoms in total. The molecule has 0 unspecified atom stereocenters. The van der Waals surface area contributed by atoms with Crippen molar-refractivity contribution in [1.29, 1.82) is 0 Å². The fourth-order valence-corrected chi connectivity index (χ4v) is 2.70. The fraction of sp³-hybridized carbons (Fsp3) is 0.600. The molecule has 0 fully saturated rings. The molecule has 0 amide bonds. The van der Waals surface area contributed by atoms with Gasteiger partial charge in [0.05, 0.1) is 17.4 Å². The summed E-state index contributed by atoms with van der Waals surface area (Å²) in [5.74, 6) is -0.760. The van der Waals surface area contributed by atoms with Crippen LogP contribution in [0.1, 0.15) is 46.3 Å². The van der Waals surface area contributed by atoms with Crippen molar-refractivity contribution in [2.75, 3.05) is 19.8 Å². The van der Waals surface area contributed by atoms with Gasteiger partial charge in [-0.15, -0.1) is 0 Å². The van der Waals surface area contributed by atoms with E-state index >= 15 is 0 Å². The lowest BCUT2D eigenvalue weighted by Gasteiger charge is -2.23. The highest BCUT2D eigenvalue weighted by Gasteiger charge is 2.37. The third-order valence-corrected chi connectivity index (χ3v) is 4.39. The van der Waals surface area contributed by atoms with E-state index in [2.05, 4.69) is 0 Å². The first-order valence-corrected chi connectivity index (χ1v) is 9.71. The van der Waals surface area contributed by atoms with Crippen molar-refractivity contribution in [2.45, 2.75) is 46.8 Å². The van der Waals surface area contributed by atoms with Crippen LogP contribution in [0.3, 0.4) is 0 Å². The second-order valence-corrected chi connectivity index (χ2v) is 8.34. The highest BCUT2D eigenvalue weighted by molar-refractivity contribution is 6.62. The highest BCUT2D eigenvalue weighted by Crippen LogP contribution is 2.27. The van der Waals surface area contributed by atoms with E-state index in [0.717, 1.165) is 5.56 Å². The fourth-order valence-electron chi connectivity index (χ4n) is 2.70. The molecular weight excluding hydrogens is 377 g/mol. The van der Waals surface area contributed by atoms with E-state index in [4.69, 9.17) is 24.6 Å². The zero-order valence-corrected chi connectivity index (χ0v) is 17.6. The minimum absolute atomic E-state index is 0.0493. The molecule has 0 saturated carbocycles. The number of carbonyl (C=O) groups excluding carboxylic acids is 2. The summed E-state index contributed by atoms with van der Waals surface area (Å²) in [6, 6.07) is 5.27. The van der Waals surface area contributed by atoms with Crippen LogP contribution in [0.15, 0.2) is 18.2 Å². The average molecular weight is 407 g/mol. The van der Waals surface area contributed by atoms with Crippen molar-refractivity contribution >= 4 is 24.5 Å². The number of fused-ring (bicyclic) bond motifs is 1. The molecule has 0 aromatic heterocycles. The zero-order valence-electron chi connectivity index (χ0n) is 17.6. The molecule has 160 valence electrons. The van der Waals surface area contributed by atoms with Gasteiger partial charge in [0.1, 0.15) is 19.0 Å². The van der Waals surface area contributed by atoms with Gasteiger partial charge in [-0.1, -0.05) is 26.0 Å². The van der Waals surface area contributed by atoms with Crippen molar-refractivity contribution < 1.29 is 33.5 Å². The Kier molecular flexibility index (Phi) is 7.68. The van der Waals surface area contributed by atoms with Gasteiger partial charge in [-0.3, -0.25) is 9.59 Å². The number of nitrogens with two attached hydrogens (primary N) is 1. The summed E-state index contributed by atoms with van der Waals surface area (Å²) >= 11 is 0. The van der Waals surface area contributed by atoms with Crippen LogP contribution in [-0.2, 0) is 23.7 Å². The molecule has 29 heavy (non-hydrogen) atoms. The molecule has 1 aromatic rings. The molecule has 9 heteroatoms. The van der Waals surface area contributed by atoms with Gasteiger partial charge in [-0.2, -0.15) is 0 Å². The van der Waals surface area contributed by atoms with E-state index in [1.165, 1.54) is 0 Å². The minimum atomic E-state index is -1.15. The van der Waals surface area contributed by atoms with Gasteiger partial charge in [0.25, 0.3) is 0 Å². The molecule has 0 bridgehead atoms. The molecule has 1 aliphatic rings. The number of rotatable bonds is 8. The molecule has 1 aromatic carbocycles. The summed E-state index contributed by atoms with van der Waals surface area (Å²) in [7, 11) is -1.15. The summed E-state index contributed by atoms with van der Waals surface area (Å²) in [4.78, 5) is 24.1. The lowest BCUT2D eigenvalue weighted by molar-refractivity contribution is -0.167. The van der Waals surface area contributed by atoms with Crippen LogP contribution in [0.25, 0.3) is 0 Å². The van der Waals surface area contributed by atoms with E-state index < -0.39 is 36.7 Å². The van der Waals surface area contributed by atoms with Crippen molar-refractivity contribution in [3.63, 3.8) is 0 Å². The van der Waals surface area contributed by atoms with Crippen LogP contribution >= 0.6 is 0 Å². The number of esters is 2. The summed E-state index contributed by atoms with van der Waals surface area (Å²) in [5.41, 5.74) is 6.27. The Hall–Kier alpha value is -2.10. The molecule has 1 heterocycles. The molecule has 1 aliphatic heterocycles. The quantitative estimate of drug-likeness (QED) is 0.483. The van der Waals surface area contributed by atoms with Crippen molar-refractivity contribution in [3.05, 3.63) is 23.8 Å². The second kappa shape index (κ2) is 9.60. The number of hydrogen-bond acceptors (Lipinski definition) is 8.